The van der Waals surface area contributed by atoms with Crippen LogP contribution in [0.15, 0.2) is 12.1 Å². The molecule has 0 saturated heterocycles. The number of nitrogens with zero attached hydrogens (tertiary/aromatic N) is 4. The molecule has 0 aliphatic carbocycles. The number of hydrogen-bond acceptors (Lipinski definition) is 4. The van der Waals surface area contributed by atoms with Crippen LogP contribution < -0.4 is 5.32 Å². The Kier molecular flexibility index (Phi) is 3.93. The van der Waals surface area contributed by atoms with Crippen LogP contribution in [0.3, 0.4) is 0 Å². The Hall–Kier alpha value is -1.46. The van der Waals surface area contributed by atoms with Gasteiger partial charge < -0.3 is 5.32 Å². The van der Waals surface area contributed by atoms with Gasteiger partial charge in [-0.2, -0.15) is 5.10 Å². The lowest BCUT2D eigenvalue weighted by molar-refractivity contribution is 0.718. The molecule has 5 nitrogen and oxygen atoms in total. The van der Waals surface area contributed by atoms with Gasteiger partial charge in [-0.15, -0.1) is 10.2 Å². The molecular formula is C12H16ClN5. The number of rotatable bonds is 4. The van der Waals surface area contributed by atoms with Crippen molar-refractivity contribution in [1.82, 2.24) is 25.3 Å². The molecule has 2 aromatic heterocycles. The van der Waals surface area contributed by atoms with E-state index in [1.54, 1.807) is 10.7 Å². The van der Waals surface area contributed by atoms with Crippen molar-refractivity contribution in [2.75, 3.05) is 6.54 Å². The van der Waals surface area contributed by atoms with Gasteiger partial charge in [0, 0.05) is 17.8 Å². The molecule has 2 aromatic rings. The first-order chi connectivity index (χ1) is 8.63. The smallest absolute Gasteiger partial charge is 0.176 e. The van der Waals surface area contributed by atoms with Crippen molar-refractivity contribution >= 4 is 11.6 Å². The Labute approximate surface area is 111 Å². The maximum atomic E-state index is 5.73. The fraction of sp³-hybridized carbons (Fsp3) is 0.417. The van der Waals surface area contributed by atoms with Crippen molar-refractivity contribution in [3.63, 3.8) is 0 Å². The van der Waals surface area contributed by atoms with Crippen molar-refractivity contribution in [2.45, 2.75) is 27.3 Å². The molecule has 0 spiro atoms. The van der Waals surface area contributed by atoms with Crippen LogP contribution in [0.1, 0.15) is 23.9 Å². The van der Waals surface area contributed by atoms with E-state index in [1.165, 1.54) is 5.56 Å². The second-order valence-corrected chi connectivity index (χ2v) is 4.44. The van der Waals surface area contributed by atoms with Crippen LogP contribution >= 0.6 is 11.6 Å². The minimum atomic E-state index is 0.383. The highest BCUT2D eigenvalue weighted by Gasteiger charge is 2.13. The van der Waals surface area contributed by atoms with E-state index in [2.05, 4.69) is 27.5 Å². The van der Waals surface area contributed by atoms with Gasteiger partial charge in [-0.3, -0.25) is 0 Å². The molecule has 0 aromatic carbocycles. The number of hydrogen-bond donors (Lipinski definition) is 1. The monoisotopic (exact) mass is 265 g/mol. The third-order valence-corrected chi connectivity index (χ3v) is 3.03. The SMILES string of the molecule is CCNCc1c(C)nn(-c2ccc(Cl)nn2)c1C. The summed E-state index contributed by atoms with van der Waals surface area (Å²) in [6.45, 7) is 7.86. The second kappa shape index (κ2) is 5.46. The number of aromatic nitrogens is 4. The molecule has 0 radical (unpaired) electrons. The van der Waals surface area contributed by atoms with Gasteiger partial charge in [-0.05, 0) is 32.5 Å². The van der Waals surface area contributed by atoms with Crippen LogP contribution in [0.4, 0.5) is 0 Å². The third kappa shape index (κ3) is 2.52. The van der Waals surface area contributed by atoms with Gasteiger partial charge in [0.15, 0.2) is 11.0 Å². The Morgan fingerprint density at radius 2 is 2.06 bits per heavy atom. The lowest BCUT2D eigenvalue weighted by atomic mass is 10.2. The first-order valence-corrected chi connectivity index (χ1v) is 6.26. The third-order valence-electron chi connectivity index (χ3n) is 2.83. The summed E-state index contributed by atoms with van der Waals surface area (Å²) in [7, 11) is 0. The highest BCUT2D eigenvalue weighted by atomic mass is 35.5. The van der Waals surface area contributed by atoms with Gasteiger partial charge in [-0.1, -0.05) is 18.5 Å². The predicted molar refractivity (Wildman–Crippen MR) is 71.0 cm³/mol. The summed E-state index contributed by atoms with van der Waals surface area (Å²) >= 11 is 5.73. The molecule has 0 aliphatic heterocycles. The molecule has 0 saturated carbocycles. The fourth-order valence-corrected chi connectivity index (χ4v) is 1.93. The summed E-state index contributed by atoms with van der Waals surface area (Å²) in [5.41, 5.74) is 3.28. The maximum Gasteiger partial charge on any atom is 0.176 e. The highest BCUT2D eigenvalue weighted by Crippen LogP contribution is 2.16. The van der Waals surface area contributed by atoms with Gasteiger partial charge in [0.25, 0.3) is 0 Å². The Morgan fingerprint density at radius 3 is 2.67 bits per heavy atom. The number of nitrogens with one attached hydrogen (secondary N) is 1. The maximum absolute atomic E-state index is 5.73. The van der Waals surface area contributed by atoms with E-state index in [9.17, 15) is 0 Å². The van der Waals surface area contributed by atoms with Crippen LogP contribution in [0.5, 0.6) is 0 Å². The van der Waals surface area contributed by atoms with E-state index in [0.717, 1.165) is 24.5 Å². The van der Waals surface area contributed by atoms with Crippen LogP contribution in [0.2, 0.25) is 5.15 Å². The predicted octanol–water partition coefficient (Wildman–Crippen LogP) is 2.04. The molecule has 0 unspecified atom stereocenters. The summed E-state index contributed by atoms with van der Waals surface area (Å²) in [6, 6.07) is 3.52. The lowest BCUT2D eigenvalue weighted by Gasteiger charge is -2.04. The molecule has 6 heteroatoms. The van der Waals surface area contributed by atoms with Crippen molar-refractivity contribution in [3.8, 4) is 5.82 Å². The van der Waals surface area contributed by atoms with E-state index in [4.69, 9.17) is 11.6 Å². The molecule has 2 rings (SSSR count). The standard InChI is InChI=1S/C12H16ClN5/c1-4-14-7-10-8(2)17-18(9(10)3)12-6-5-11(13)15-16-12/h5-6,14H,4,7H2,1-3H3. The van der Waals surface area contributed by atoms with Gasteiger partial charge >= 0.3 is 0 Å². The zero-order valence-electron chi connectivity index (χ0n) is 10.7. The van der Waals surface area contributed by atoms with Crippen LogP contribution in [0, 0.1) is 13.8 Å². The highest BCUT2D eigenvalue weighted by molar-refractivity contribution is 6.29. The molecule has 0 fully saturated rings. The fourth-order valence-electron chi connectivity index (χ4n) is 1.83. The van der Waals surface area contributed by atoms with Crippen LogP contribution in [-0.2, 0) is 6.54 Å². The molecule has 2 heterocycles. The van der Waals surface area contributed by atoms with Gasteiger partial charge in [-0.25, -0.2) is 4.68 Å². The minimum absolute atomic E-state index is 0.383. The lowest BCUT2D eigenvalue weighted by Crippen LogP contribution is -2.13. The number of aryl methyl sites for hydroxylation is 1. The molecule has 0 amide bonds. The largest absolute Gasteiger partial charge is 0.313 e. The van der Waals surface area contributed by atoms with Gasteiger partial charge in [0.1, 0.15) is 0 Å². The summed E-state index contributed by atoms with van der Waals surface area (Å²) < 4.78 is 1.80. The summed E-state index contributed by atoms with van der Waals surface area (Å²) in [4.78, 5) is 0. The summed E-state index contributed by atoms with van der Waals surface area (Å²) in [5.74, 6) is 0.683. The average molecular weight is 266 g/mol. The molecular weight excluding hydrogens is 250 g/mol. The number of halogens is 1. The van der Waals surface area contributed by atoms with E-state index in [0.29, 0.717) is 11.0 Å². The van der Waals surface area contributed by atoms with Gasteiger partial charge in [0.05, 0.1) is 5.69 Å². The summed E-state index contributed by atoms with van der Waals surface area (Å²) in [6.07, 6.45) is 0. The molecule has 0 atom stereocenters. The topological polar surface area (TPSA) is 55.6 Å². The molecule has 18 heavy (non-hydrogen) atoms. The first kappa shape index (κ1) is 13.0. The molecule has 0 bridgehead atoms. The zero-order valence-corrected chi connectivity index (χ0v) is 11.5. The van der Waals surface area contributed by atoms with E-state index >= 15 is 0 Å². The average Bonchev–Trinajstić information content (AvgIpc) is 2.64. The minimum Gasteiger partial charge on any atom is -0.313 e. The van der Waals surface area contributed by atoms with E-state index in [1.807, 2.05) is 19.9 Å². The first-order valence-electron chi connectivity index (χ1n) is 5.89. The summed E-state index contributed by atoms with van der Waals surface area (Å²) in [5, 5.41) is 16.1. The van der Waals surface area contributed by atoms with Crippen LogP contribution in [-0.4, -0.2) is 26.5 Å². The molecule has 96 valence electrons. The van der Waals surface area contributed by atoms with Crippen LogP contribution in [0.25, 0.3) is 5.82 Å². The Morgan fingerprint density at radius 1 is 1.28 bits per heavy atom. The van der Waals surface area contributed by atoms with Crippen molar-refractivity contribution < 1.29 is 0 Å². The normalized spacial score (nSPS) is 10.9. The molecule has 1 N–H and O–H groups in total. The Balaban J connectivity index is 2.37. The zero-order chi connectivity index (χ0) is 13.1. The Bertz CT molecular complexity index is 532. The van der Waals surface area contributed by atoms with Gasteiger partial charge in [0.2, 0.25) is 0 Å². The van der Waals surface area contributed by atoms with Crippen molar-refractivity contribution in [3.05, 3.63) is 34.2 Å². The molecule has 0 aliphatic rings. The van der Waals surface area contributed by atoms with Crippen molar-refractivity contribution in [2.24, 2.45) is 0 Å². The van der Waals surface area contributed by atoms with Crippen molar-refractivity contribution in [1.29, 1.82) is 0 Å². The van der Waals surface area contributed by atoms with E-state index in [-0.39, 0.29) is 0 Å². The quantitative estimate of drug-likeness (QED) is 0.919. The second-order valence-electron chi connectivity index (χ2n) is 4.06. The van der Waals surface area contributed by atoms with E-state index < -0.39 is 0 Å².